The Hall–Kier alpha value is -0.340. The first-order chi connectivity index (χ1) is 4.84. The first-order valence-electron chi connectivity index (χ1n) is 3.73. The number of aliphatic hydroxyl groups is 1. The summed E-state index contributed by atoms with van der Waals surface area (Å²) in [6, 6.07) is 0. The molecule has 1 heterocycles. The van der Waals surface area contributed by atoms with Crippen molar-refractivity contribution in [1.82, 2.24) is 0 Å². The Morgan fingerprint density at radius 1 is 1.70 bits per heavy atom. The van der Waals surface area contributed by atoms with Crippen LogP contribution in [0.25, 0.3) is 0 Å². The number of hydrogen-bond acceptors (Lipinski definition) is 2. The van der Waals surface area contributed by atoms with Gasteiger partial charge in [-0.2, -0.15) is 0 Å². The van der Waals surface area contributed by atoms with Gasteiger partial charge in [-0.3, -0.25) is 0 Å². The SMILES string of the molecule is CC1OCCC1/C=C/CO. The summed E-state index contributed by atoms with van der Waals surface area (Å²) in [4.78, 5) is 0. The smallest absolute Gasteiger partial charge is 0.0612 e. The molecular formula is C8H14O2. The number of hydrogen-bond donors (Lipinski definition) is 1. The van der Waals surface area contributed by atoms with Crippen LogP contribution in [0.3, 0.4) is 0 Å². The molecule has 2 nitrogen and oxygen atoms in total. The van der Waals surface area contributed by atoms with Crippen molar-refractivity contribution in [2.24, 2.45) is 5.92 Å². The van der Waals surface area contributed by atoms with Crippen molar-refractivity contribution in [2.75, 3.05) is 13.2 Å². The largest absolute Gasteiger partial charge is 0.392 e. The van der Waals surface area contributed by atoms with Crippen molar-refractivity contribution in [1.29, 1.82) is 0 Å². The molecular weight excluding hydrogens is 128 g/mol. The minimum Gasteiger partial charge on any atom is -0.392 e. The van der Waals surface area contributed by atoms with Crippen LogP contribution in [0.2, 0.25) is 0 Å². The lowest BCUT2D eigenvalue weighted by atomic mass is 10.0. The van der Waals surface area contributed by atoms with Gasteiger partial charge in [0.2, 0.25) is 0 Å². The zero-order valence-corrected chi connectivity index (χ0v) is 6.29. The number of ether oxygens (including phenoxy) is 1. The Morgan fingerprint density at radius 3 is 3.00 bits per heavy atom. The molecule has 2 atom stereocenters. The quantitative estimate of drug-likeness (QED) is 0.582. The third-order valence-electron chi connectivity index (χ3n) is 1.92. The average molecular weight is 142 g/mol. The predicted molar refractivity (Wildman–Crippen MR) is 39.7 cm³/mol. The Labute approximate surface area is 61.5 Å². The van der Waals surface area contributed by atoms with Crippen LogP contribution in [0.1, 0.15) is 13.3 Å². The van der Waals surface area contributed by atoms with Gasteiger partial charge in [-0.1, -0.05) is 12.2 Å². The van der Waals surface area contributed by atoms with E-state index < -0.39 is 0 Å². The highest BCUT2D eigenvalue weighted by atomic mass is 16.5. The van der Waals surface area contributed by atoms with Gasteiger partial charge in [0.1, 0.15) is 0 Å². The lowest BCUT2D eigenvalue weighted by Crippen LogP contribution is -2.07. The van der Waals surface area contributed by atoms with Crippen molar-refractivity contribution in [3.63, 3.8) is 0 Å². The van der Waals surface area contributed by atoms with Crippen LogP contribution in [-0.2, 0) is 4.74 Å². The zero-order valence-electron chi connectivity index (χ0n) is 6.29. The second-order valence-corrected chi connectivity index (χ2v) is 2.64. The van der Waals surface area contributed by atoms with Crippen LogP contribution in [0.15, 0.2) is 12.2 Å². The highest BCUT2D eigenvalue weighted by molar-refractivity contribution is 4.93. The fourth-order valence-electron chi connectivity index (χ4n) is 1.24. The summed E-state index contributed by atoms with van der Waals surface area (Å²) in [7, 11) is 0. The average Bonchev–Trinajstić information content (AvgIpc) is 2.31. The van der Waals surface area contributed by atoms with Crippen LogP contribution < -0.4 is 0 Å². The monoisotopic (exact) mass is 142 g/mol. The third kappa shape index (κ3) is 1.82. The maximum absolute atomic E-state index is 8.49. The third-order valence-corrected chi connectivity index (χ3v) is 1.92. The Balaban J connectivity index is 2.33. The Morgan fingerprint density at radius 2 is 2.50 bits per heavy atom. The molecule has 0 aromatic carbocycles. The second-order valence-electron chi connectivity index (χ2n) is 2.64. The minimum atomic E-state index is 0.142. The normalized spacial score (nSPS) is 33.8. The van der Waals surface area contributed by atoms with Crippen LogP contribution in [0.4, 0.5) is 0 Å². The Bertz CT molecular complexity index is 120. The zero-order chi connectivity index (χ0) is 7.40. The van der Waals surface area contributed by atoms with E-state index in [9.17, 15) is 0 Å². The summed E-state index contributed by atoms with van der Waals surface area (Å²) in [5.41, 5.74) is 0. The molecule has 0 aromatic heterocycles. The van der Waals surface area contributed by atoms with E-state index in [1.807, 2.05) is 6.08 Å². The van der Waals surface area contributed by atoms with Gasteiger partial charge in [0.15, 0.2) is 0 Å². The molecule has 10 heavy (non-hydrogen) atoms. The first kappa shape index (κ1) is 7.76. The Kier molecular flexibility index (Phi) is 2.90. The fraction of sp³-hybridized carbons (Fsp3) is 0.750. The molecule has 0 spiro atoms. The molecule has 0 aliphatic carbocycles. The predicted octanol–water partition coefficient (Wildman–Crippen LogP) is 0.960. The van der Waals surface area contributed by atoms with Gasteiger partial charge in [-0.05, 0) is 13.3 Å². The molecule has 2 unspecified atom stereocenters. The van der Waals surface area contributed by atoms with Crippen molar-refractivity contribution >= 4 is 0 Å². The minimum absolute atomic E-state index is 0.142. The molecule has 0 amide bonds. The maximum Gasteiger partial charge on any atom is 0.0612 e. The maximum atomic E-state index is 8.49. The van der Waals surface area contributed by atoms with E-state index in [1.165, 1.54) is 0 Å². The molecule has 0 saturated carbocycles. The van der Waals surface area contributed by atoms with Crippen molar-refractivity contribution in [3.05, 3.63) is 12.2 Å². The molecule has 1 N–H and O–H groups in total. The van der Waals surface area contributed by atoms with E-state index >= 15 is 0 Å². The van der Waals surface area contributed by atoms with Gasteiger partial charge in [-0.15, -0.1) is 0 Å². The molecule has 58 valence electrons. The van der Waals surface area contributed by atoms with Crippen LogP contribution in [0, 0.1) is 5.92 Å². The molecule has 1 saturated heterocycles. The summed E-state index contributed by atoms with van der Waals surface area (Å²) in [6.07, 6.45) is 5.26. The van der Waals surface area contributed by atoms with Crippen molar-refractivity contribution in [2.45, 2.75) is 19.4 Å². The molecule has 1 aliphatic rings. The summed E-state index contributed by atoms with van der Waals surface area (Å²) in [6.45, 7) is 3.07. The van der Waals surface area contributed by atoms with E-state index in [-0.39, 0.29) is 6.61 Å². The van der Waals surface area contributed by atoms with Crippen LogP contribution in [-0.4, -0.2) is 24.4 Å². The standard InChI is InChI=1S/C8H14O2/c1-7-8(3-2-5-9)4-6-10-7/h2-3,7-9H,4-6H2,1H3/b3-2+. The topological polar surface area (TPSA) is 29.5 Å². The van der Waals surface area contributed by atoms with Crippen molar-refractivity contribution < 1.29 is 9.84 Å². The molecule has 0 radical (unpaired) electrons. The van der Waals surface area contributed by atoms with Gasteiger partial charge >= 0.3 is 0 Å². The van der Waals surface area contributed by atoms with Gasteiger partial charge < -0.3 is 9.84 Å². The molecule has 0 aromatic rings. The lowest BCUT2D eigenvalue weighted by molar-refractivity contribution is 0.114. The van der Waals surface area contributed by atoms with E-state index in [1.54, 1.807) is 6.08 Å². The molecule has 0 bridgehead atoms. The van der Waals surface area contributed by atoms with E-state index in [2.05, 4.69) is 6.92 Å². The summed E-state index contributed by atoms with van der Waals surface area (Å²) >= 11 is 0. The van der Waals surface area contributed by atoms with Gasteiger partial charge in [-0.25, -0.2) is 0 Å². The van der Waals surface area contributed by atoms with Crippen LogP contribution >= 0.6 is 0 Å². The fourth-order valence-corrected chi connectivity index (χ4v) is 1.24. The number of rotatable bonds is 2. The van der Waals surface area contributed by atoms with Gasteiger partial charge in [0, 0.05) is 12.5 Å². The highest BCUT2D eigenvalue weighted by Crippen LogP contribution is 2.20. The van der Waals surface area contributed by atoms with Crippen LogP contribution in [0.5, 0.6) is 0 Å². The molecule has 1 rings (SSSR count). The summed E-state index contributed by atoms with van der Waals surface area (Å²) in [5.74, 6) is 0.521. The lowest BCUT2D eigenvalue weighted by Gasteiger charge is -2.07. The highest BCUT2D eigenvalue weighted by Gasteiger charge is 2.20. The van der Waals surface area contributed by atoms with E-state index in [0.29, 0.717) is 12.0 Å². The van der Waals surface area contributed by atoms with Gasteiger partial charge in [0.25, 0.3) is 0 Å². The second kappa shape index (κ2) is 3.74. The van der Waals surface area contributed by atoms with Crippen molar-refractivity contribution in [3.8, 4) is 0 Å². The molecule has 1 fully saturated rings. The van der Waals surface area contributed by atoms with Gasteiger partial charge in [0.05, 0.1) is 12.7 Å². The first-order valence-corrected chi connectivity index (χ1v) is 3.73. The molecule has 1 aliphatic heterocycles. The number of aliphatic hydroxyl groups excluding tert-OH is 1. The van der Waals surface area contributed by atoms with E-state index in [0.717, 1.165) is 13.0 Å². The van der Waals surface area contributed by atoms with E-state index in [4.69, 9.17) is 9.84 Å². The summed E-state index contributed by atoms with van der Waals surface area (Å²) in [5, 5.41) is 8.49. The molecule has 2 heteroatoms. The summed E-state index contributed by atoms with van der Waals surface area (Å²) < 4.78 is 5.33.